The first-order chi connectivity index (χ1) is 8.02. The number of hydrogen-bond acceptors (Lipinski definition) is 2. The van der Waals surface area contributed by atoms with E-state index in [9.17, 15) is 4.79 Å². The fourth-order valence-corrected chi connectivity index (χ4v) is 2.78. The third-order valence-corrected chi connectivity index (χ3v) is 3.79. The Kier molecular flexibility index (Phi) is 3.16. The molecule has 0 atom stereocenters. The quantitative estimate of drug-likeness (QED) is 0.710. The number of aldehydes is 1. The summed E-state index contributed by atoms with van der Waals surface area (Å²) in [5, 5.41) is 0. The van der Waals surface area contributed by atoms with Crippen LogP contribution in [-0.2, 0) is 5.41 Å². The van der Waals surface area contributed by atoms with Gasteiger partial charge >= 0.3 is 0 Å². The number of thiophene rings is 1. The molecule has 0 fully saturated rings. The molecule has 88 valence electrons. The summed E-state index contributed by atoms with van der Waals surface area (Å²) in [5.74, 6) is 0. The maximum Gasteiger partial charge on any atom is 0.160 e. The SMILES string of the molecule is CC(C)(C)c1ccccc1-c1ccc(C=O)s1. The van der Waals surface area contributed by atoms with E-state index < -0.39 is 0 Å². The van der Waals surface area contributed by atoms with Gasteiger partial charge in [-0.2, -0.15) is 0 Å². The Morgan fingerprint density at radius 2 is 1.76 bits per heavy atom. The highest BCUT2D eigenvalue weighted by atomic mass is 32.1. The van der Waals surface area contributed by atoms with Crippen LogP contribution >= 0.6 is 11.3 Å². The van der Waals surface area contributed by atoms with E-state index >= 15 is 0 Å². The molecule has 17 heavy (non-hydrogen) atoms. The van der Waals surface area contributed by atoms with Crippen molar-refractivity contribution in [2.24, 2.45) is 0 Å². The van der Waals surface area contributed by atoms with Crippen LogP contribution < -0.4 is 0 Å². The van der Waals surface area contributed by atoms with Crippen LogP contribution in [0.4, 0.5) is 0 Å². The van der Waals surface area contributed by atoms with Crippen molar-refractivity contribution in [1.82, 2.24) is 0 Å². The van der Waals surface area contributed by atoms with E-state index in [0.717, 1.165) is 16.0 Å². The van der Waals surface area contributed by atoms with Crippen LogP contribution in [0.2, 0.25) is 0 Å². The van der Waals surface area contributed by atoms with Gasteiger partial charge in [0.15, 0.2) is 6.29 Å². The van der Waals surface area contributed by atoms with Gasteiger partial charge < -0.3 is 0 Å². The Hall–Kier alpha value is -1.41. The van der Waals surface area contributed by atoms with Crippen molar-refractivity contribution >= 4 is 17.6 Å². The highest BCUT2D eigenvalue weighted by Crippen LogP contribution is 2.35. The molecule has 0 saturated heterocycles. The third-order valence-electron chi connectivity index (χ3n) is 2.74. The minimum Gasteiger partial charge on any atom is -0.297 e. The summed E-state index contributed by atoms with van der Waals surface area (Å²) in [7, 11) is 0. The minimum absolute atomic E-state index is 0.113. The molecule has 1 aromatic heterocycles. The van der Waals surface area contributed by atoms with Crippen LogP contribution in [0.3, 0.4) is 0 Å². The number of carbonyl (C=O) groups is 1. The predicted molar refractivity (Wildman–Crippen MR) is 73.8 cm³/mol. The van der Waals surface area contributed by atoms with Crippen molar-refractivity contribution in [3.05, 3.63) is 46.8 Å². The maximum absolute atomic E-state index is 10.7. The van der Waals surface area contributed by atoms with Gasteiger partial charge in [0.05, 0.1) is 4.88 Å². The van der Waals surface area contributed by atoms with E-state index in [1.807, 2.05) is 18.2 Å². The molecule has 2 rings (SSSR count). The van der Waals surface area contributed by atoms with Crippen molar-refractivity contribution in [1.29, 1.82) is 0 Å². The molecule has 1 heterocycles. The van der Waals surface area contributed by atoms with E-state index in [1.54, 1.807) is 11.3 Å². The van der Waals surface area contributed by atoms with Crippen LogP contribution in [0, 0.1) is 0 Å². The minimum atomic E-state index is 0.113. The highest BCUT2D eigenvalue weighted by Gasteiger charge is 2.18. The van der Waals surface area contributed by atoms with Crippen molar-refractivity contribution in [2.45, 2.75) is 26.2 Å². The molecule has 0 bridgehead atoms. The predicted octanol–water partition coefficient (Wildman–Crippen LogP) is 4.53. The average molecular weight is 244 g/mol. The second-order valence-electron chi connectivity index (χ2n) is 5.12. The number of hydrogen-bond donors (Lipinski definition) is 0. The molecule has 2 heteroatoms. The molecule has 0 aliphatic heterocycles. The highest BCUT2D eigenvalue weighted by molar-refractivity contribution is 7.17. The summed E-state index contributed by atoms with van der Waals surface area (Å²) < 4.78 is 0. The lowest BCUT2D eigenvalue weighted by Crippen LogP contribution is -2.12. The number of rotatable bonds is 2. The monoisotopic (exact) mass is 244 g/mol. The fourth-order valence-electron chi connectivity index (χ4n) is 1.91. The second kappa shape index (κ2) is 4.46. The molecule has 1 nitrogen and oxygen atoms in total. The van der Waals surface area contributed by atoms with Gasteiger partial charge in [-0.15, -0.1) is 11.3 Å². The first-order valence-electron chi connectivity index (χ1n) is 5.67. The standard InChI is InChI=1S/C15H16OS/c1-15(2,3)13-7-5-4-6-12(13)14-9-8-11(10-16)17-14/h4-10H,1-3H3. The smallest absolute Gasteiger partial charge is 0.160 e. The molecule has 2 aromatic rings. The van der Waals surface area contributed by atoms with Crippen LogP contribution in [0.15, 0.2) is 36.4 Å². The van der Waals surface area contributed by atoms with E-state index in [0.29, 0.717) is 0 Å². The molecule has 0 N–H and O–H groups in total. The van der Waals surface area contributed by atoms with E-state index in [2.05, 4.69) is 39.0 Å². The third kappa shape index (κ3) is 2.47. The molecule has 0 aliphatic rings. The summed E-state index contributed by atoms with van der Waals surface area (Å²) in [6.07, 6.45) is 0.911. The lowest BCUT2D eigenvalue weighted by molar-refractivity contribution is 0.112. The molecule has 0 radical (unpaired) electrons. The molecule has 1 aromatic carbocycles. The van der Waals surface area contributed by atoms with Crippen LogP contribution in [0.25, 0.3) is 10.4 Å². The summed E-state index contributed by atoms with van der Waals surface area (Å²) in [5.41, 5.74) is 2.67. The Balaban J connectivity index is 2.55. The Labute approximate surface area is 106 Å². The van der Waals surface area contributed by atoms with Crippen LogP contribution in [0.1, 0.15) is 36.0 Å². The van der Waals surface area contributed by atoms with Gasteiger partial charge in [0.25, 0.3) is 0 Å². The van der Waals surface area contributed by atoms with Gasteiger partial charge in [-0.3, -0.25) is 4.79 Å². The number of carbonyl (C=O) groups excluding carboxylic acids is 1. The largest absolute Gasteiger partial charge is 0.297 e. The zero-order valence-electron chi connectivity index (χ0n) is 10.4. The molecule has 0 unspecified atom stereocenters. The molecular weight excluding hydrogens is 228 g/mol. The second-order valence-corrected chi connectivity index (χ2v) is 6.23. The van der Waals surface area contributed by atoms with Crippen molar-refractivity contribution in [3.8, 4) is 10.4 Å². The average Bonchev–Trinajstić information content (AvgIpc) is 2.76. The number of benzene rings is 1. The van der Waals surface area contributed by atoms with Crippen molar-refractivity contribution in [3.63, 3.8) is 0 Å². The fraction of sp³-hybridized carbons (Fsp3) is 0.267. The van der Waals surface area contributed by atoms with E-state index in [1.165, 1.54) is 11.1 Å². The topological polar surface area (TPSA) is 17.1 Å². The normalized spacial score (nSPS) is 11.5. The van der Waals surface area contributed by atoms with Gasteiger partial charge in [-0.05, 0) is 28.7 Å². The van der Waals surface area contributed by atoms with Gasteiger partial charge in [0, 0.05) is 4.88 Å². The van der Waals surface area contributed by atoms with Gasteiger partial charge in [0.1, 0.15) is 0 Å². The van der Waals surface area contributed by atoms with E-state index in [4.69, 9.17) is 0 Å². The van der Waals surface area contributed by atoms with Crippen molar-refractivity contribution in [2.75, 3.05) is 0 Å². The molecule has 0 spiro atoms. The van der Waals surface area contributed by atoms with Gasteiger partial charge in [0.2, 0.25) is 0 Å². The summed E-state index contributed by atoms with van der Waals surface area (Å²) in [4.78, 5) is 12.7. The first-order valence-corrected chi connectivity index (χ1v) is 6.49. The lowest BCUT2D eigenvalue weighted by atomic mass is 9.83. The Morgan fingerprint density at radius 1 is 1.06 bits per heavy atom. The van der Waals surface area contributed by atoms with Gasteiger partial charge in [-0.1, -0.05) is 45.0 Å². The Morgan fingerprint density at radius 3 is 2.35 bits per heavy atom. The van der Waals surface area contributed by atoms with Crippen molar-refractivity contribution < 1.29 is 4.79 Å². The van der Waals surface area contributed by atoms with E-state index in [-0.39, 0.29) is 5.41 Å². The zero-order chi connectivity index (χ0) is 12.5. The first kappa shape index (κ1) is 12.1. The maximum atomic E-state index is 10.7. The molecule has 0 amide bonds. The van der Waals surface area contributed by atoms with Gasteiger partial charge in [-0.25, -0.2) is 0 Å². The summed E-state index contributed by atoms with van der Waals surface area (Å²) >= 11 is 1.55. The molecular formula is C15H16OS. The van der Waals surface area contributed by atoms with Crippen LogP contribution in [-0.4, -0.2) is 6.29 Å². The molecule has 0 saturated carbocycles. The summed E-state index contributed by atoms with van der Waals surface area (Å²) in [6, 6.07) is 12.3. The zero-order valence-corrected chi connectivity index (χ0v) is 11.2. The Bertz CT molecular complexity index is 532. The summed E-state index contributed by atoms with van der Waals surface area (Å²) in [6.45, 7) is 6.63. The molecule has 0 aliphatic carbocycles. The lowest BCUT2D eigenvalue weighted by Gasteiger charge is -2.22. The van der Waals surface area contributed by atoms with Crippen LogP contribution in [0.5, 0.6) is 0 Å².